The third-order valence-corrected chi connectivity index (χ3v) is 6.52. The molecule has 8 nitrogen and oxygen atoms in total. The molecule has 2 aliphatic rings. The quantitative estimate of drug-likeness (QED) is 0.723. The molecule has 32 heavy (non-hydrogen) atoms. The predicted molar refractivity (Wildman–Crippen MR) is 126 cm³/mol. The van der Waals surface area contributed by atoms with Crippen LogP contribution in [0.3, 0.4) is 0 Å². The van der Waals surface area contributed by atoms with Gasteiger partial charge in [0, 0.05) is 51.2 Å². The molecule has 0 bridgehead atoms. The lowest BCUT2D eigenvalue weighted by Crippen LogP contribution is -2.51. The lowest BCUT2D eigenvalue weighted by Gasteiger charge is -2.37. The third-order valence-electron chi connectivity index (χ3n) is 6.52. The summed E-state index contributed by atoms with van der Waals surface area (Å²) in [6.45, 7) is 8.73. The van der Waals surface area contributed by atoms with Gasteiger partial charge in [0.05, 0.1) is 12.1 Å². The smallest absolute Gasteiger partial charge is 0.256 e. The molecule has 8 heteroatoms. The number of anilines is 2. The number of fused-ring (bicyclic) bond motifs is 1. The summed E-state index contributed by atoms with van der Waals surface area (Å²) >= 11 is 0. The Morgan fingerprint density at radius 1 is 1.19 bits per heavy atom. The van der Waals surface area contributed by atoms with Gasteiger partial charge in [0.2, 0.25) is 5.91 Å². The van der Waals surface area contributed by atoms with Crippen molar-refractivity contribution >= 4 is 23.3 Å². The van der Waals surface area contributed by atoms with E-state index in [1.165, 1.54) is 0 Å². The van der Waals surface area contributed by atoms with Crippen molar-refractivity contribution in [3.8, 4) is 0 Å². The van der Waals surface area contributed by atoms with E-state index >= 15 is 0 Å². The summed E-state index contributed by atoms with van der Waals surface area (Å²) in [7, 11) is 1.91. The Morgan fingerprint density at radius 3 is 2.59 bits per heavy atom. The Balaban J connectivity index is 1.33. The second-order valence-corrected chi connectivity index (χ2v) is 8.60. The van der Waals surface area contributed by atoms with E-state index in [0.717, 1.165) is 43.9 Å². The molecule has 170 valence electrons. The molecule has 2 unspecified atom stereocenters. The fourth-order valence-electron chi connectivity index (χ4n) is 4.36. The lowest BCUT2D eigenvalue weighted by molar-refractivity contribution is -0.117. The molecule has 2 N–H and O–H groups in total. The maximum atomic E-state index is 12.5. The highest BCUT2D eigenvalue weighted by atomic mass is 16.2. The molecular weight excluding hydrogens is 404 g/mol. The van der Waals surface area contributed by atoms with Crippen LogP contribution in [0.4, 0.5) is 11.5 Å². The summed E-state index contributed by atoms with van der Waals surface area (Å²) in [6.07, 6.45) is 2.53. The first kappa shape index (κ1) is 22.2. The van der Waals surface area contributed by atoms with Crippen LogP contribution >= 0.6 is 0 Å². The number of nitrogens with zero attached hydrogens (tertiary/aromatic N) is 4. The van der Waals surface area contributed by atoms with Gasteiger partial charge in [0.1, 0.15) is 12.0 Å². The number of carbonyl (C=O) groups excluding carboxylic acids is 2. The van der Waals surface area contributed by atoms with Crippen LogP contribution in [-0.2, 0) is 4.79 Å². The fraction of sp³-hybridized carbons (Fsp3) is 0.458. The van der Waals surface area contributed by atoms with E-state index in [0.29, 0.717) is 24.0 Å². The Morgan fingerprint density at radius 2 is 1.91 bits per heavy atom. The zero-order chi connectivity index (χ0) is 22.7. The van der Waals surface area contributed by atoms with Crippen molar-refractivity contribution in [2.75, 3.05) is 50.0 Å². The highest BCUT2D eigenvalue weighted by molar-refractivity contribution is 6.01. The van der Waals surface area contributed by atoms with Crippen molar-refractivity contribution in [3.63, 3.8) is 0 Å². The highest BCUT2D eigenvalue weighted by Gasteiger charge is 2.30. The van der Waals surface area contributed by atoms with Crippen molar-refractivity contribution in [2.24, 2.45) is 0 Å². The molecule has 4 rings (SSSR count). The molecule has 0 saturated carbocycles. The molecule has 1 saturated heterocycles. The van der Waals surface area contributed by atoms with Gasteiger partial charge in [-0.2, -0.15) is 0 Å². The number of amides is 2. The lowest BCUT2D eigenvalue weighted by atomic mass is 10.1. The number of aromatic nitrogens is 1. The van der Waals surface area contributed by atoms with Crippen molar-refractivity contribution in [1.82, 2.24) is 20.1 Å². The second-order valence-electron chi connectivity index (χ2n) is 8.60. The summed E-state index contributed by atoms with van der Waals surface area (Å²) in [5.74, 6) is 0.519. The molecule has 1 aromatic carbocycles. The van der Waals surface area contributed by atoms with Crippen molar-refractivity contribution in [3.05, 3.63) is 53.7 Å². The van der Waals surface area contributed by atoms with Crippen LogP contribution in [0, 0.1) is 0 Å². The van der Waals surface area contributed by atoms with E-state index in [4.69, 9.17) is 0 Å². The SMILES string of the molecule is CCC(C)N1CCN(CC(=O)Nc2ccc(C3NC(=O)c4cccnc4N3C)cc2)CC1. The van der Waals surface area contributed by atoms with E-state index in [9.17, 15) is 9.59 Å². The first-order valence-electron chi connectivity index (χ1n) is 11.3. The molecule has 2 aliphatic heterocycles. The average Bonchev–Trinajstić information content (AvgIpc) is 2.82. The van der Waals surface area contributed by atoms with E-state index in [2.05, 4.69) is 39.3 Å². The van der Waals surface area contributed by atoms with Gasteiger partial charge in [-0.3, -0.25) is 19.4 Å². The standard InChI is InChI=1S/C24H32N6O2/c1-4-17(2)30-14-12-29(13-15-30)16-21(31)26-19-9-7-18(8-10-19)22-27-24(32)20-6-5-11-25-23(20)28(22)3/h5-11,17,22H,4,12-16H2,1-3H3,(H,26,31)(H,27,32). The molecule has 0 radical (unpaired) electrons. The van der Waals surface area contributed by atoms with Gasteiger partial charge in [0.15, 0.2) is 0 Å². The molecule has 3 heterocycles. The topological polar surface area (TPSA) is 80.8 Å². The summed E-state index contributed by atoms with van der Waals surface area (Å²) in [6, 6.07) is 11.7. The molecule has 1 fully saturated rings. The van der Waals surface area contributed by atoms with E-state index in [1.54, 1.807) is 18.3 Å². The van der Waals surface area contributed by atoms with Gasteiger partial charge < -0.3 is 15.5 Å². The Labute approximate surface area is 189 Å². The zero-order valence-corrected chi connectivity index (χ0v) is 19.0. The number of rotatable bonds is 6. The van der Waals surface area contributed by atoms with Crippen LogP contribution in [0.1, 0.15) is 42.4 Å². The summed E-state index contributed by atoms with van der Waals surface area (Å²) < 4.78 is 0. The second kappa shape index (κ2) is 9.67. The van der Waals surface area contributed by atoms with Gasteiger partial charge in [-0.1, -0.05) is 19.1 Å². The number of hydrogen-bond donors (Lipinski definition) is 2. The van der Waals surface area contributed by atoms with Gasteiger partial charge in [-0.05, 0) is 43.2 Å². The number of benzene rings is 1. The predicted octanol–water partition coefficient (Wildman–Crippen LogP) is 2.31. The van der Waals surface area contributed by atoms with Crippen LogP contribution in [0.2, 0.25) is 0 Å². The third kappa shape index (κ3) is 4.76. The number of piperazine rings is 1. The van der Waals surface area contributed by atoms with Crippen LogP contribution in [0.15, 0.2) is 42.6 Å². The van der Waals surface area contributed by atoms with Crippen LogP contribution in [-0.4, -0.2) is 72.4 Å². The highest BCUT2D eigenvalue weighted by Crippen LogP contribution is 2.30. The minimum absolute atomic E-state index is 0.00375. The maximum absolute atomic E-state index is 12.5. The van der Waals surface area contributed by atoms with E-state index in [-0.39, 0.29) is 18.0 Å². The normalized spacial score (nSPS) is 20.4. The molecular formula is C24H32N6O2. The van der Waals surface area contributed by atoms with Gasteiger partial charge in [-0.15, -0.1) is 0 Å². The van der Waals surface area contributed by atoms with Crippen LogP contribution in [0.5, 0.6) is 0 Å². The van der Waals surface area contributed by atoms with Crippen molar-refractivity contribution in [2.45, 2.75) is 32.5 Å². The number of nitrogens with one attached hydrogen (secondary N) is 2. The largest absolute Gasteiger partial charge is 0.335 e. The summed E-state index contributed by atoms with van der Waals surface area (Å²) in [4.78, 5) is 36.0. The van der Waals surface area contributed by atoms with Crippen molar-refractivity contribution < 1.29 is 9.59 Å². The maximum Gasteiger partial charge on any atom is 0.256 e. The minimum Gasteiger partial charge on any atom is -0.335 e. The summed E-state index contributed by atoms with van der Waals surface area (Å²) in [5, 5.41) is 6.01. The first-order chi connectivity index (χ1) is 15.5. The molecule has 1 aromatic heterocycles. The Kier molecular flexibility index (Phi) is 6.72. The number of hydrogen-bond acceptors (Lipinski definition) is 6. The van der Waals surface area contributed by atoms with Gasteiger partial charge in [-0.25, -0.2) is 4.98 Å². The van der Waals surface area contributed by atoms with Gasteiger partial charge in [0.25, 0.3) is 5.91 Å². The van der Waals surface area contributed by atoms with Crippen LogP contribution < -0.4 is 15.5 Å². The molecule has 2 atom stereocenters. The van der Waals surface area contributed by atoms with E-state index < -0.39 is 0 Å². The molecule has 0 spiro atoms. The van der Waals surface area contributed by atoms with Crippen molar-refractivity contribution in [1.29, 1.82) is 0 Å². The average molecular weight is 437 g/mol. The molecule has 2 amide bonds. The monoisotopic (exact) mass is 436 g/mol. The minimum atomic E-state index is -0.309. The fourth-order valence-corrected chi connectivity index (χ4v) is 4.36. The van der Waals surface area contributed by atoms with Crippen LogP contribution in [0.25, 0.3) is 0 Å². The summed E-state index contributed by atoms with van der Waals surface area (Å²) in [5.41, 5.74) is 2.25. The molecule has 2 aromatic rings. The molecule has 0 aliphatic carbocycles. The Hall–Kier alpha value is -2.97. The number of pyridine rings is 1. The van der Waals surface area contributed by atoms with Gasteiger partial charge >= 0.3 is 0 Å². The number of carbonyl (C=O) groups is 2. The zero-order valence-electron chi connectivity index (χ0n) is 19.0. The first-order valence-corrected chi connectivity index (χ1v) is 11.3. The Bertz CT molecular complexity index is 955. The van der Waals surface area contributed by atoms with E-state index in [1.807, 2.05) is 36.2 Å².